The van der Waals surface area contributed by atoms with Gasteiger partial charge in [-0.05, 0) is 49.6 Å². The lowest BCUT2D eigenvalue weighted by Gasteiger charge is -2.17. The van der Waals surface area contributed by atoms with Gasteiger partial charge in [0.25, 0.3) is 20.3 Å². The number of amides is 1. The number of carbonyl (C=O) groups is 1. The summed E-state index contributed by atoms with van der Waals surface area (Å²) in [6.07, 6.45) is 1.54. The van der Waals surface area contributed by atoms with Crippen molar-refractivity contribution in [2.75, 3.05) is 30.2 Å². The number of anilines is 2. The Balaban J connectivity index is 1.57. The van der Waals surface area contributed by atoms with Gasteiger partial charge in [0, 0.05) is 18.7 Å². The van der Waals surface area contributed by atoms with E-state index in [1.54, 1.807) is 31.2 Å². The molecule has 1 fully saturated rings. The maximum Gasteiger partial charge on any atom is 0.291 e. The Kier molecular flexibility index (Phi) is 7.07. The van der Waals surface area contributed by atoms with Gasteiger partial charge in [-0.3, -0.25) is 14.8 Å². The van der Waals surface area contributed by atoms with Crippen molar-refractivity contribution in [2.24, 2.45) is 0 Å². The maximum atomic E-state index is 13.0. The van der Waals surface area contributed by atoms with Gasteiger partial charge in [-0.25, -0.2) is 8.42 Å². The average Bonchev–Trinajstić information content (AvgIpc) is 3.52. The molecule has 0 spiro atoms. The Hall–Kier alpha value is -3.07. The summed E-state index contributed by atoms with van der Waals surface area (Å²) in [6.45, 7) is 2.61. The number of sulfonamides is 2. The molecule has 14 heteroatoms. The first-order valence-electron chi connectivity index (χ1n) is 10.5. The van der Waals surface area contributed by atoms with E-state index in [-0.39, 0.29) is 21.5 Å². The van der Waals surface area contributed by atoms with E-state index in [0.717, 1.165) is 18.4 Å². The van der Waals surface area contributed by atoms with E-state index >= 15 is 0 Å². The van der Waals surface area contributed by atoms with Crippen LogP contribution in [0.3, 0.4) is 0 Å². The van der Waals surface area contributed by atoms with E-state index in [9.17, 15) is 21.6 Å². The van der Waals surface area contributed by atoms with Gasteiger partial charge in [-0.2, -0.15) is 12.7 Å². The zero-order chi connectivity index (χ0) is 25.2. The molecule has 4 rings (SSSR count). The van der Waals surface area contributed by atoms with Crippen LogP contribution in [0.2, 0.25) is 0 Å². The van der Waals surface area contributed by atoms with Crippen molar-refractivity contribution in [1.82, 2.24) is 14.5 Å². The van der Waals surface area contributed by atoms with Crippen LogP contribution >= 0.6 is 11.3 Å². The van der Waals surface area contributed by atoms with E-state index in [0.29, 0.717) is 30.0 Å². The average molecular weight is 538 g/mol. The first kappa shape index (κ1) is 25.0. The molecule has 0 atom stereocenters. The Labute approximate surface area is 207 Å². The number of methoxy groups -OCH3 is 1. The molecule has 35 heavy (non-hydrogen) atoms. The summed E-state index contributed by atoms with van der Waals surface area (Å²) in [4.78, 5) is 12.4. The van der Waals surface area contributed by atoms with Crippen molar-refractivity contribution in [3.05, 3.63) is 53.6 Å². The first-order chi connectivity index (χ1) is 16.6. The van der Waals surface area contributed by atoms with Crippen LogP contribution in [0.15, 0.2) is 51.7 Å². The SMILES string of the molecule is COc1ccc(S(=O)(=O)N2CCCC2)cc1NS(=O)(=O)c1nnc(NC(=O)c2ccccc2C)s1. The van der Waals surface area contributed by atoms with Crippen molar-refractivity contribution in [3.63, 3.8) is 0 Å². The van der Waals surface area contributed by atoms with Gasteiger partial charge < -0.3 is 4.74 Å². The fourth-order valence-corrected chi connectivity index (χ4v) is 7.06. The summed E-state index contributed by atoms with van der Waals surface area (Å²) < 4.78 is 60.3. The summed E-state index contributed by atoms with van der Waals surface area (Å²) in [5, 5.41) is 9.97. The second-order valence-corrected chi connectivity index (χ2v) is 12.5. The predicted octanol–water partition coefficient (Wildman–Crippen LogP) is 2.69. The Morgan fingerprint density at radius 2 is 1.77 bits per heavy atom. The summed E-state index contributed by atoms with van der Waals surface area (Å²) >= 11 is 0.660. The Bertz CT molecular complexity index is 1460. The maximum absolute atomic E-state index is 13.0. The van der Waals surface area contributed by atoms with Gasteiger partial charge >= 0.3 is 0 Å². The Morgan fingerprint density at radius 3 is 2.46 bits per heavy atom. The molecule has 2 aromatic carbocycles. The van der Waals surface area contributed by atoms with Gasteiger partial charge in [0.2, 0.25) is 15.2 Å². The topological polar surface area (TPSA) is 148 Å². The van der Waals surface area contributed by atoms with Gasteiger partial charge in [0.15, 0.2) is 0 Å². The third kappa shape index (κ3) is 5.29. The van der Waals surface area contributed by atoms with Crippen LogP contribution in [0.25, 0.3) is 0 Å². The van der Waals surface area contributed by atoms with E-state index in [1.165, 1.54) is 29.6 Å². The second-order valence-electron chi connectivity index (χ2n) is 7.72. The lowest BCUT2D eigenvalue weighted by atomic mass is 10.1. The van der Waals surface area contributed by atoms with Crippen molar-refractivity contribution in [2.45, 2.75) is 29.0 Å². The minimum absolute atomic E-state index is 0.00375. The monoisotopic (exact) mass is 537 g/mol. The number of rotatable bonds is 8. The molecule has 1 aliphatic heterocycles. The molecule has 0 bridgehead atoms. The van der Waals surface area contributed by atoms with Crippen molar-refractivity contribution in [1.29, 1.82) is 0 Å². The van der Waals surface area contributed by atoms with Crippen molar-refractivity contribution in [3.8, 4) is 5.75 Å². The summed E-state index contributed by atoms with van der Waals surface area (Å²) in [7, 11) is -6.70. The third-order valence-corrected chi connectivity index (χ3v) is 9.83. The van der Waals surface area contributed by atoms with E-state index in [2.05, 4.69) is 20.2 Å². The highest BCUT2D eigenvalue weighted by atomic mass is 32.2. The van der Waals surface area contributed by atoms with Gasteiger partial charge in [-0.15, -0.1) is 10.2 Å². The molecule has 3 aromatic rings. The van der Waals surface area contributed by atoms with Crippen LogP contribution < -0.4 is 14.8 Å². The lowest BCUT2D eigenvalue weighted by molar-refractivity contribution is 0.102. The molecule has 1 amide bonds. The van der Waals surface area contributed by atoms with E-state index < -0.39 is 30.3 Å². The zero-order valence-electron chi connectivity index (χ0n) is 18.9. The van der Waals surface area contributed by atoms with Crippen LogP contribution in [-0.2, 0) is 20.0 Å². The molecule has 0 radical (unpaired) electrons. The number of aromatic nitrogens is 2. The number of ether oxygens (including phenoxy) is 1. The molecule has 11 nitrogen and oxygen atoms in total. The van der Waals surface area contributed by atoms with Crippen LogP contribution in [0, 0.1) is 6.92 Å². The number of benzene rings is 2. The molecule has 2 heterocycles. The van der Waals surface area contributed by atoms with Gasteiger partial charge in [-0.1, -0.05) is 29.5 Å². The fourth-order valence-electron chi connectivity index (χ4n) is 3.55. The number of hydrogen-bond acceptors (Lipinski definition) is 9. The summed E-state index contributed by atoms with van der Waals surface area (Å²) in [5.41, 5.74) is 1.11. The predicted molar refractivity (Wildman–Crippen MR) is 131 cm³/mol. The van der Waals surface area contributed by atoms with Crippen molar-refractivity contribution >= 4 is 48.1 Å². The smallest absolute Gasteiger partial charge is 0.291 e. The van der Waals surface area contributed by atoms with Gasteiger partial charge in [0.1, 0.15) is 5.75 Å². The minimum Gasteiger partial charge on any atom is -0.495 e. The first-order valence-corrected chi connectivity index (χ1v) is 14.3. The van der Waals surface area contributed by atoms with Crippen LogP contribution in [0.1, 0.15) is 28.8 Å². The van der Waals surface area contributed by atoms with E-state index in [1.807, 2.05) is 0 Å². The lowest BCUT2D eigenvalue weighted by Crippen LogP contribution is -2.28. The Morgan fingerprint density at radius 1 is 1.06 bits per heavy atom. The van der Waals surface area contributed by atoms with Crippen LogP contribution in [0.5, 0.6) is 5.75 Å². The highest BCUT2D eigenvalue weighted by molar-refractivity contribution is 7.94. The largest absolute Gasteiger partial charge is 0.495 e. The molecule has 0 unspecified atom stereocenters. The molecule has 1 aliphatic rings. The van der Waals surface area contributed by atoms with Crippen molar-refractivity contribution < 1.29 is 26.4 Å². The number of nitrogens with one attached hydrogen (secondary N) is 2. The zero-order valence-corrected chi connectivity index (χ0v) is 21.3. The van der Waals surface area contributed by atoms with Crippen LogP contribution in [0.4, 0.5) is 10.8 Å². The fraction of sp³-hybridized carbons (Fsp3) is 0.286. The van der Waals surface area contributed by atoms with Crippen LogP contribution in [-0.4, -0.2) is 57.4 Å². The molecular formula is C21H23N5O6S3. The number of carbonyl (C=O) groups excluding carboxylic acids is 1. The molecule has 0 saturated carbocycles. The number of aryl methyl sites for hydroxylation is 1. The number of nitrogens with zero attached hydrogens (tertiary/aromatic N) is 3. The normalized spacial score (nSPS) is 14.6. The molecule has 1 saturated heterocycles. The third-order valence-electron chi connectivity index (χ3n) is 5.36. The highest BCUT2D eigenvalue weighted by Gasteiger charge is 2.29. The summed E-state index contributed by atoms with van der Waals surface area (Å²) in [6, 6.07) is 10.9. The summed E-state index contributed by atoms with van der Waals surface area (Å²) in [5.74, 6) is -0.316. The molecule has 1 aromatic heterocycles. The molecule has 186 valence electrons. The molecular weight excluding hydrogens is 514 g/mol. The minimum atomic E-state index is -4.26. The highest BCUT2D eigenvalue weighted by Crippen LogP contribution is 2.32. The number of hydrogen-bond donors (Lipinski definition) is 2. The quantitative estimate of drug-likeness (QED) is 0.417. The molecule has 0 aliphatic carbocycles. The molecule has 2 N–H and O–H groups in total. The second kappa shape index (κ2) is 9.89. The standard InChI is InChI=1S/C21H23N5O6S3/c1-14-7-3-4-8-16(14)19(27)22-20-23-24-21(33-20)34(28,29)25-17-13-15(9-10-18(17)32-2)35(30,31)26-11-5-6-12-26/h3-4,7-10,13,25H,5-6,11-12H2,1-2H3,(H,22,23,27). The van der Waals surface area contributed by atoms with E-state index in [4.69, 9.17) is 4.74 Å². The van der Waals surface area contributed by atoms with Gasteiger partial charge in [0.05, 0.1) is 17.7 Å².